The molecule has 6 heteroatoms. The van der Waals surface area contributed by atoms with E-state index < -0.39 is 0 Å². The molecule has 0 radical (unpaired) electrons. The van der Waals surface area contributed by atoms with Crippen LogP contribution in [0.25, 0.3) is 0 Å². The molecule has 0 aliphatic heterocycles. The summed E-state index contributed by atoms with van der Waals surface area (Å²) in [6.45, 7) is 6.16. The van der Waals surface area contributed by atoms with Gasteiger partial charge in [0.25, 0.3) is 0 Å². The molecule has 2 rings (SSSR count). The molecule has 0 aliphatic rings. The Morgan fingerprint density at radius 3 is 2.75 bits per heavy atom. The Kier molecular flexibility index (Phi) is 7.09. The largest absolute Gasteiger partial charge is 0.489 e. The minimum Gasteiger partial charge on any atom is -0.489 e. The van der Waals surface area contributed by atoms with Gasteiger partial charge in [-0.1, -0.05) is 24.6 Å². The van der Waals surface area contributed by atoms with Crippen LogP contribution in [0.1, 0.15) is 31.7 Å². The van der Waals surface area contributed by atoms with Crippen molar-refractivity contribution < 1.29 is 9.84 Å². The van der Waals surface area contributed by atoms with Crippen molar-refractivity contribution >= 4 is 11.6 Å². The highest BCUT2D eigenvalue weighted by molar-refractivity contribution is 6.32. The summed E-state index contributed by atoms with van der Waals surface area (Å²) in [5.74, 6) is 1.68. The molecule has 0 saturated heterocycles. The summed E-state index contributed by atoms with van der Waals surface area (Å²) >= 11 is 6.35. The Morgan fingerprint density at radius 1 is 1.38 bits per heavy atom. The van der Waals surface area contributed by atoms with E-state index in [-0.39, 0.29) is 12.7 Å². The molecule has 0 bridgehead atoms. The molecule has 1 N–H and O–H groups in total. The van der Waals surface area contributed by atoms with Gasteiger partial charge in [0.15, 0.2) is 0 Å². The third kappa shape index (κ3) is 5.23. The number of ether oxygens (including phenoxy) is 1. The van der Waals surface area contributed by atoms with Gasteiger partial charge in [0.1, 0.15) is 11.6 Å². The molecule has 132 valence electrons. The van der Waals surface area contributed by atoms with E-state index in [0.29, 0.717) is 30.4 Å². The van der Waals surface area contributed by atoms with E-state index in [1.165, 1.54) is 0 Å². The summed E-state index contributed by atoms with van der Waals surface area (Å²) in [6, 6.07) is 5.87. The monoisotopic (exact) mass is 351 g/mol. The summed E-state index contributed by atoms with van der Waals surface area (Å²) < 4.78 is 7.79. The van der Waals surface area contributed by atoms with E-state index in [9.17, 15) is 5.11 Å². The minimum atomic E-state index is 0.105. The molecule has 24 heavy (non-hydrogen) atoms. The summed E-state index contributed by atoms with van der Waals surface area (Å²) in [5.41, 5.74) is 1.08. The Hall–Kier alpha value is -1.56. The molecule has 0 spiro atoms. The number of benzene rings is 1. The third-order valence-corrected chi connectivity index (χ3v) is 4.30. The first-order valence-electron chi connectivity index (χ1n) is 8.28. The fourth-order valence-corrected chi connectivity index (χ4v) is 2.65. The number of hydrogen-bond acceptors (Lipinski definition) is 4. The lowest BCUT2D eigenvalue weighted by Crippen LogP contribution is -2.27. The zero-order valence-corrected chi connectivity index (χ0v) is 15.3. The molecule has 0 fully saturated rings. The lowest BCUT2D eigenvalue weighted by atomic mass is 10.2. The Bertz CT molecular complexity index is 645. The van der Waals surface area contributed by atoms with Gasteiger partial charge < -0.3 is 14.4 Å². The molecule has 1 heterocycles. The van der Waals surface area contributed by atoms with Crippen LogP contribution in [-0.4, -0.2) is 38.8 Å². The number of halogens is 1. The van der Waals surface area contributed by atoms with Crippen LogP contribution in [0.5, 0.6) is 5.75 Å². The van der Waals surface area contributed by atoms with Gasteiger partial charge in [-0.05, 0) is 31.0 Å². The van der Waals surface area contributed by atoms with Gasteiger partial charge in [0, 0.05) is 32.5 Å². The molecule has 0 saturated carbocycles. The van der Waals surface area contributed by atoms with Gasteiger partial charge in [-0.25, -0.2) is 4.98 Å². The SMILES string of the molecule is CC[C@@H](C)Oc1ccc(CN(CCO)Cc2nccn2C)cc1Cl. The Balaban J connectivity index is 2.06. The third-order valence-electron chi connectivity index (χ3n) is 4.01. The topological polar surface area (TPSA) is 50.5 Å². The predicted octanol–water partition coefficient (Wildman–Crippen LogP) is 3.25. The van der Waals surface area contributed by atoms with Crippen LogP contribution in [0.3, 0.4) is 0 Å². The maximum atomic E-state index is 9.32. The molecule has 1 aromatic heterocycles. The van der Waals surface area contributed by atoms with Crippen molar-refractivity contribution in [3.63, 3.8) is 0 Å². The van der Waals surface area contributed by atoms with Crippen LogP contribution >= 0.6 is 11.6 Å². The number of imidazole rings is 1. The number of aliphatic hydroxyl groups is 1. The first-order valence-corrected chi connectivity index (χ1v) is 8.65. The fourth-order valence-electron chi connectivity index (χ4n) is 2.40. The van der Waals surface area contributed by atoms with Crippen LogP contribution in [0.2, 0.25) is 5.02 Å². The highest BCUT2D eigenvalue weighted by atomic mass is 35.5. The zero-order valence-electron chi connectivity index (χ0n) is 14.6. The zero-order chi connectivity index (χ0) is 17.5. The Morgan fingerprint density at radius 2 is 2.17 bits per heavy atom. The predicted molar refractivity (Wildman–Crippen MR) is 96.2 cm³/mol. The van der Waals surface area contributed by atoms with E-state index in [0.717, 1.165) is 17.8 Å². The molecular formula is C18H26ClN3O2. The average Bonchev–Trinajstić information content (AvgIpc) is 2.95. The summed E-state index contributed by atoms with van der Waals surface area (Å²) in [7, 11) is 1.97. The number of aryl methyl sites for hydroxylation is 1. The van der Waals surface area contributed by atoms with Crippen LogP contribution < -0.4 is 4.74 Å². The first-order chi connectivity index (χ1) is 11.5. The normalized spacial score (nSPS) is 12.6. The van der Waals surface area contributed by atoms with Crippen molar-refractivity contribution in [2.75, 3.05) is 13.2 Å². The maximum Gasteiger partial charge on any atom is 0.138 e. The van der Waals surface area contributed by atoms with Crippen LogP contribution in [0, 0.1) is 0 Å². The van der Waals surface area contributed by atoms with Gasteiger partial charge in [0.05, 0.1) is 24.3 Å². The minimum absolute atomic E-state index is 0.105. The number of hydrogen-bond donors (Lipinski definition) is 1. The lowest BCUT2D eigenvalue weighted by Gasteiger charge is -2.22. The highest BCUT2D eigenvalue weighted by Gasteiger charge is 2.12. The van der Waals surface area contributed by atoms with Crippen LogP contribution in [0.4, 0.5) is 0 Å². The van der Waals surface area contributed by atoms with Gasteiger partial charge in [0.2, 0.25) is 0 Å². The second-order valence-corrected chi connectivity index (χ2v) is 6.40. The smallest absolute Gasteiger partial charge is 0.138 e. The van der Waals surface area contributed by atoms with Crippen molar-refractivity contribution in [3.8, 4) is 5.75 Å². The molecule has 2 aromatic rings. The van der Waals surface area contributed by atoms with Crippen molar-refractivity contribution in [2.24, 2.45) is 7.05 Å². The highest BCUT2D eigenvalue weighted by Crippen LogP contribution is 2.27. The quantitative estimate of drug-likeness (QED) is 0.753. The second-order valence-electron chi connectivity index (χ2n) is 5.99. The number of rotatable bonds is 9. The summed E-state index contributed by atoms with van der Waals surface area (Å²) in [6.07, 6.45) is 4.78. The number of aromatic nitrogens is 2. The van der Waals surface area contributed by atoms with Gasteiger partial charge >= 0.3 is 0 Å². The standard InChI is InChI=1S/C18H26ClN3O2/c1-4-14(2)24-17-6-5-15(11-16(17)19)12-22(9-10-23)13-18-20-7-8-21(18)3/h5-8,11,14,23H,4,9-10,12-13H2,1-3H3/t14-/m1/s1. The van der Waals surface area contributed by atoms with Gasteiger partial charge in [-0.15, -0.1) is 0 Å². The Labute approximate surface area is 148 Å². The molecule has 1 atom stereocenters. The van der Waals surface area contributed by atoms with Crippen LogP contribution in [-0.2, 0) is 20.1 Å². The molecule has 1 aromatic carbocycles. The van der Waals surface area contributed by atoms with E-state index in [1.807, 2.05) is 42.9 Å². The molecule has 0 unspecified atom stereocenters. The van der Waals surface area contributed by atoms with E-state index in [1.54, 1.807) is 6.20 Å². The number of aliphatic hydroxyl groups excluding tert-OH is 1. The van der Waals surface area contributed by atoms with E-state index >= 15 is 0 Å². The fraction of sp³-hybridized carbons (Fsp3) is 0.500. The molecule has 0 amide bonds. The second kappa shape index (κ2) is 9.06. The van der Waals surface area contributed by atoms with Gasteiger partial charge in [-0.3, -0.25) is 4.90 Å². The number of nitrogens with zero attached hydrogens (tertiary/aromatic N) is 3. The van der Waals surface area contributed by atoms with E-state index in [4.69, 9.17) is 16.3 Å². The lowest BCUT2D eigenvalue weighted by molar-refractivity contribution is 0.180. The molecule has 0 aliphatic carbocycles. The van der Waals surface area contributed by atoms with Crippen molar-refractivity contribution in [2.45, 2.75) is 39.5 Å². The summed E-state index contributed by atoms with van der Waals surface area (Å²) in [5, 5.41) is 9.94. The van der Waals surface area contributed by atoms with Crippen LogP contribution in [0.15, 0.2) is 30.6 Å². The summed E-state index contributed by atoms with van der Waals surface area (Å²) in [4.78, 5) is 6.49. The van der Waals surface area contributed by atoms with Crippen molar-refractivity contribution in [3.05, 3.63) is 47.0 Å². The van der Waals surface area contributed by atoms with Crippen molar-refractivity contribution in [1.82, 2.24) is 14.5 Å². The van der Waals surface area contributed by atoms with Gasteiger partial charge in [-0.2, -0.15) is 0 Å². The average molecular weight is 352 g/mol. The maximum absolute atomic E-state index is 9.32. The first kappa shape index (κ1) is 18.8. The van der Waals surface area contributed by atoms with E-state index in [2.05, 4.69) is 16.8 Å². The van der Waals surface area contributed by atoms with Crippen molar-refractivity contribution in [1.29, 1.82) is 0 Å². The molecule has 5 nitrogen and oxygen atoms in total. The molecular weight excluding hydrogens is 326 g/mol.